The van der Waals surface area contributed by atoms with Crippen molar-refractivity contribution in [1.29, 1.82) is 5.26 Å². The van der Waals surface area contributed by atoms with Crippen LogP contribution in [0.4, 0.5) is 5.69 Å². The highest BCUT2D eigenvalue weighted by Crippen LogP contribution is 2.29. The number of hydrogen-bond donors (Lipinski definition) is 2. The van der Waals surface area contributed by atoms with Gasteiger partial charge in [-0.1, -0.05) is 24.3 Å². The van der Waals surface area contributed by atoms with Crippen LogP contribution in [0, 0.1) is 18.3 Å². The van der Waals surface area contributed by atoms with E-state index in [1.165, 1.54) is 0 Å². The zero-order valence-electron chi connectivity index (χ0n) is 11.5. The van der Waals surface area contributed by atoms with Crippen molar-refractivity contribution in [1.82, 2.24) is 0 Å². The second-order valence-corrected chi connectivity index (χ2v) is 4.43. The van der Waals surface area contributed by atoms with Crippen molar-refractivity contribution in [2.75, 3.05) is 12.4 Å². The highest BCUT2D eigenvalue weighted by Gasteiger charge is 2.10. The predicted octanol–water partition coefficient (Wildman–Crippen LogP) is 3.19. The lowest BCUT2D eigenvalue weighted by Crippen LogP contribution is -2.04. The first-order valence-electron chi connectivity index (χ1n) is 6.25. The summed E-state index contributed by atoms with van der Waals surface area (Å²) in [5, 5.41) is 22.3. The molecule has 102 valence electrons. The zero-order valence-corrected chi connectivity index (χ0v) is 11.5. The summed E-state index contributed by atoms with van der Waals surface area (Å²) in [6.45, 7) is 2.27. The molecule has 0 unspecified atom stereocenters. The summed E-state index contributed by atoms with van der Waals surface area (Å²) in [5.41, 5.74) is 2.75. The molecular formula is C16H16N2O2. The molecular weight excluding hydrogens is 252 g/mol. The SMILES string of the molecule is COc1cccc(C#N)c1NCc1cccc(C)c1O. The molecule has 0 aliphatic rings. The third kappa shape index (κ3) is 2.67. The van der Waals surface area contributed by atoms with E-state index in [1.807, 2.05) is 25.1 Å². The summed E-state index contributed by atoms with van der Waals surface area (Å²) < 4.78 is 5.25. The number of aryl methyl sites for hydroxylation is 1. The quantitative estimate of drug-likeness (QED) is 0.893. The smallest absolute Gasteiger partial charge is 0.143 e. The molecule has 0 saturated carbocycles. The van der Waals surface area contributed by atoms with Gasteiger partial charge < -0.3 is 15.2 Å². The van der Waals surface area contributed by atoms with E-state index in [9.17, 15) is 5.11 Å². The first kappa shape index (κ1) is 13.8. The second kappa shape index (κ2) is 5.98. The van der Waals surface area contributed by atoms with Gasteiger partial charge in [0, 0.05) is 12.1 Å². The van der Waals surface area contributed by atoms with E-state index in [0.29, 0.717) is 23.5 Å². The summed E-state index contributed by atoms with van der Waals surface area (Å²) in [4.78, 5) is 0. The maximum Gasteiger partial charge on any atom is 0.143 e. The van der Waals surface area contributed by atoms with Crippen LogP contribution in [-0.4, -0.2) is 12.2 Å². The number of rotatable bonds is 4. The van der Waals surface area contributed by atoms with Crippen molar-refractivity contribution in [3.8, 4) is 17.6 Å². The minimum atomic E-state index is 0.272. The number of benzene rings is 2. The molecule has 0 atom stereocenters. The molecule has 2 aromatic carbocycles. The largest absolute Gasteiger partial charge is 0.507 e. The standard InChI is InChI=1S/C16H16N2O2/c1-11-5-3-7-13(16(11)19)10-18-15-12(9-17)6-4-8-14(15)20-2/h3-8,18-19H,10H2,1-2H3. The van der Waals surface area contributed by atoms with Gasteiger partial charge in [0.2, 0.25) is 0 Å². The fourth-order valence-corrected chi connectivity index (χ4v) is 2.02. The van der Waals surface area contributed by atoms with Crippen molar-refractivity contribution < 1.29 is 9.84 Å². The number of nitrogens with one attached hydrogen (secondary N) is 1. The maximum absolute atomic E-state index is 9.99. The number of methoxy groups -OCH3 is 1. The van der Waals surface area contributed by atoms with Gasteiger partial charge in [0.05, 0.1) is 18.4 Å². The number of phenols is 1. The van der Waals surface area contributed by atoms with Gasteiger partial charge in [-0.3, -0.25) is 0 Å². The Morgan fingerprint density at radius 3 is 2.70 bits per heavy atom. The number of anilines is 1. The maximum atomic E-state index is 9.99. The van der Waals surface area contributed by atoms with Crippen LogP contribution in [-0.2, 0) is 6.54 Å². The Morgan fingerprint density at radius 1 is 1.25 bits per heavy atom. The van der Waals surface area contributed by atoms with Gasteiger partial charge in [0.15, 0.2) is 0 Å². The lowest BCUT2D eigenvalue weighted by Gasteiger charge is -2.14. The van der Waals surface area contributed by atoms with Gasteiger partial charge in [-0.2, -0.15) is 5.26 Å². The molecule has 0 aliphatic heterocycles. The molecule has 0 radical (unpaired) electrons. The van der Waals surface area contributed by atoms with Crippen LogP contribution in [0.3, 0.4) is 0 Å². The Bertz CT molecular complexity index is 660. The molecule has 2 aromatic rings. The van der Waals surface area contributed by atoms with E-state index >= 15 is 0 Å². The number of ether oxygens (including phenoxy) is 1. The lowest BCUT2D eigenvalue weighted by molar-refractivity contribution is 0.416. The van der Waals surface area contributed by atoms with Crippen LogP contribution in [0.15, 0.2) is 36.4 Å². The minimum absolute atomic E-state index is 0.272. The van der Waals surface area contributed by atoms with E-state index < -0.39 is 0 Å². The van der Waals surface area contributed by atoms with Gasteiger partial charge in [-0.05, 0) is 24.6 Å². The normalized spacial score (nSPS) is 9.85. The monoisotopic (exact) mass is 268 g/mol. The Labute approximate surface area is 118 Å². The average Bonchev–Trinajstić information content (AvgIpc) is 2.48. The van der Waals surface area contributed by atoms with Crippen LogP contribution >= 0.6 is 0 Å². The van der Waals surface area contributed by atoms with Crippen molar-refractivity contribution in [3.63, 3.8) is 0 Å². The van der Waals surface area contributed by atoms with E-state index in [2.05, 4.69) is 11.4 Å². The van der Waals surface area contributed by atoms with Crippen molar-refractivity contribution in [2.24, 2.45) is 0 Å². The van der Waals surface area contributed by atoms with Crippen LogP contribution in [0.2, 0.25) is 0 Å². The van der Waals surface area contributed by atoms with Crippen molar-refractivity contribution in [2.45, 2.75) is 13.5 Å². The van der Waals surface area contributed by atoms with Gasteiger partial charge in [-0.15, -0.1) is 0 Å². The summed E-state index contributed by atoms with van der Waals surface area (Å²) in [6, 6.07) is 13.0. The molecule has 0 aromatic heterocycles. The number of aromatic hydroxyl groups is 1. The van der Waals surface area contributed by atoms with Crippen LogP contribution < -0.4 is 10.1 Å². The molecule has 0 fully saturated rings. The molecule has 0 aliphatic carbocycles. The van der Waals surface area contributed by atoms with Crippen molar-refractivity contribution in [3.05, 3.63) is 53.1 Å². The number of phenolic OH excluding ortho intramolecular Hbond substituents is 1. The number of hydrogen-bond acceptors (Lipinski definition) is 4. The summed E-state index contributed by atoms with van der Waals surface area (Å²) in [5.74, 6) is 0.879. The molecule has 0 amide bonds. The molecule has 0 heterocycles. The van der Waals surface area contributed by atoms with Gasteiger partial charge in [0.1, 0.15) is 17.6 Å². The Balaban J connectivity index is 2.27. The molecule has 2 rings (SSSR count). The highest BCUT2D eigenvalue weighted by atomic mass is 16.5. The van der Waals surface area contributed by atoms with Gasteiger partial charge in [0.25, 0.3) is 0 Å². The van der Waals surface area contributed by atoms with Crippen LogP contribution in [0.5, 0.6) is 11.5 Å². The zero-order chi connectivity index (χ0) is 14.5. The van der Waals surface area contributed by atoms with E-state index in [-0.39, 0.29) is 5.75 Å². The Hall–Kier alpha value is -2.67. The second-order valence-electron chi connectivity index (χ2n) is 4.43. The lowest BCUT2D eigenvalue weighted by atomic mass is 10.1. The first-order chi connectivity index (χ1) is 9.67. The minimum Gasteiger partial charge on any atom is -0.507 e. The molecule has 4 heteroatoms. The third-order valence-electron chi connectivity index (χ3n) is 3.14. The first-order valence-corrected chi connectivity index (χ1v) is 6.25. The summed E-state index contributed by atoms with van der Waals surface area (Å²) >= 11 is 0. The van der Waals surface area contributed by atoms with Gasteiger partial charge >= 0.3 is 0 Å². The van der Waals surface area contributed by atoms with Crippen LogP contribution in [0.25, 0.3) is 0 Å². The average molecular weight is 268 g/mol. The molecule has 2 N–H and O–H groups in total. The Kier molecular flexibility index (Phi) is 4.11. The van der Waals surface area contributed by atoms with Crippen LogP contribution in [0.1, 0.15) is 16.7 Å². The molecule has 0 spiro atoms. The molecule has 0 saturated heterocycles. The summed E-state index contributed by atoms with van der Waals surface area (Å²) in [7, 11) is 1.56. The third-order valence-corrected chi connectivity index (χ3v) is 3.14. The number of para-hydroxylation sites is 2. The van der Waals surface area contributed by atoms with Gasteiger partial charge in [-0.25, -0.2) is 0 Å². The van der Waals surface area contributed by atoms with E-state index in [0.717, 1.165) is 11.1 Å². The molecule has 4 nitrogen and oxygen atoms in total. The van der Waals surface area contributed by atoms with Crippen molar-refractivity contribution >= 4 is 5.69 Å². The highest BCUT2D eigenvalue weighted by molar-refractivity contribution is 5.66. The number of nitriles is 1. The molecule has 0 bridgehead atoms. The Morgan fingerprint density at radius 2 is 2.00 bits per heavy atom. The number of nitrogens with zero attached hydrogens (tertiary/aromatic N) is 1. The summed E-state index contributed by atoms with van der Waals surface area (Å²) in [6.07, 6.45) is 0. The predicted molar refractivity (Wildman–Crippen MR) is 77.9 cm³/mol. The van der Waals surface area contributed by atoms with E-state index in [1.54, 1.807) is 25.3 Å². The topological polar surface area (TPSA) is 65.3 Å². The fourth-order valence-electron chi connectivity index (χ4n) is 2.02. The van der Waals surface area contributed by atoms with E-state index in [4.69, 9.17) is 10.00 Å². The molecule has 20 heavy (non-hydrogen) atoms. The fraction of sp³-hybridized carbons (Fsp3) is 0.188.